The average molecular weight is 1230 g/mol. The molecule has 87 heavy (non-hydrogen) atoms. The van der Waals surface area contributed by atoms with Gasteiger partial charge in [-0.15, -0.1) is 11.8 Å². The van der Waals surface area contributed by atoms with Gasteiger partial charge in [0, 0.05) is 98.9 Å². The van der Waals surface area contributed by atoms with Crippen LogP contribution in [0.3, 0.4) is 0 Å². The quantitative estimate of drug-likeness (QED) is 0.0655. The van der Waals surface area contributed by atoms with Gasteiger partial charge in [-0.05, 0) is 41.5 Å². The van der Waals surface area contributed by atoms with Crippen molar-refractivity contribution in [1.29, 1.82) is 0 Å². The van der Waals surface area contributed by atoms with Crippen LogP contribution in [-0.4, -0.2) is 188 Å². The molecule has 472 valence electrons. The average Bonchev–Trinajstić information content (AvgIpc) is 2.85. The predicted octanol–water partition coefficient (Wildman–Crippen LogP) is -1.74. The van der Waals surface area contributed by atoms with E-state index in [0.717, 1.165) is 16.7 Å². The van der Waals surface area contributed by atoms with Gasteiger partial charge in [-0.1, -0.05) is 53.5 Å². The summed E-state index contributed by atoms with van der Waals surface area (Å²) in [6.45, 7) is 5.95. The number of carbonyl (C=O) groups excluding carboxylic acids is 13. The molecule has 10 atom stereocenters. The fourth-order valence-corrected chi connectivity index (χ4v) is 11.3. The van der Waals surface area contributed by atoms with Crippen LogP contribution in [0.15, 0.2) is 23.2 Å². The van der Waals surface area contributed by atoms with Gasteiger partial charge in [0.1, 0.15) is 35.7 Å². The van der Waals surface area contributed by atoms with Crippen molar-refractivity contribution in [2.45, 2.75) is 153 Å². The molecule has 2 bridgehead atoms. The minimum Gasteiger partial charge on any atom is -0.481 e. The molecule has 0 spiro atoms. The van der Waals surface area contributed by atoms with Crippen molar-refractivity contribution in [3.8, 4) is 11.8 Å². The molecule has 9 amide bonds. The lowest BCUT2D eigenvalue weighted by Gasteiger charge is -2.31. The zero-order chi connectivity index (χ0) is 64.2. The van der Waals surface area contributed by atoms with Gasteiger partial charge in [0.05, 0.1) is 49.1 Å². The maximum absolute atomic E-state index is 14.7. The highest BCUT2D eigenvalue weighted by Gasteiger charge is 2.44. The first kappa shape index (κ1) is 69.3. The molecule has 1 aromatic carbocycles. The number of rotatable bonds is 20. The summed E-state index contributed by atoms with van der Waals surface area (Å²) in [5, 5.41) is 50.5. The largest absolute Gasteiger partial charge is 0.481 e. The van der Waals surface area contributed by atoms with Crippen LogP contribution in [0.1, 0.15) is 110 Å². The van der Waals surface area contributed by atoms with E-state index in [4.69, 9.17) is 5.11 Å². The monoisotopic (exact) mass is 1230 g/mol. The Morgan fingerprint density at radius 1 is 0.736 bits per heavy atom. The Morgan fingerprint density at radius 3 is 2.06 bits per heavy atom. The summed E-state index contributed by atoms with van der Waals surface area (Å²) in [4.78, 5) is 204. The van der Waals surface area contributed by atoms with Gasteiger partial charge in [-0.2, -0.15) is 0 Å². The number of Topliss-reactive ketones (excluding diaryl/α,β-unsaturated/α-hetero) is 4. The first-order chi connectivity index (χ1) is 41.2. The molecule has 3 aliphatic heterocycles. The predicted molar refractivity (Wildman–Crippen MR) is 309 cm³/mol. The molecule has 29 heteroatoms. The van der Waals surface area contributed by atoms with Crippen molar-refractivity contribution < 1.29 is 87.2 Å². The number of nitrogens with one attached hydrogen (secondary N) is 9. The van der Waals surface area contributed by atoms with E-state index in [2.05, 4.69) is 47.5 Å². The maximum Gasteiger partial charge on any atom is 0.382 e. The molecule has 28 nitrogen and oxygen atoms in total. The topological polar surface area (TPSA) is 432 Å². The van der Waals surface area contributed by atoms with Crippen molar-refractivity contribution in [1.82, 2.24) is 52.4 Å². The number of hydrogen-bond acceptors (Lipinski definition) is 17. The molecule has 3 aliphatic rings. The van der Waals surface area contributed by atoms with Gasteiger partial charge in [-0.25, -0.2) is 4.79 Å². The van der Waals surface area contributed by atoms with Gasteiger partial charge in [0.25, 0.3) is 5.91 Å². The third-order valence-corrected chi connectivity index (χ3v) is 16.5. The second kappa shape index (κ2) is 32.8. The Kier molecular flexibility index (Phi) is 26.1. The van der Waals surface area contributed by atoms with Crippen LogP contribution in [0.2, 0.25) is 0 Å². The minimum atomic E-state index is -1.62. The van der Waals surface area contributed by atoms with Crippen molar-refractivity contribution >= 4 is 111 Å². The number of thioether (sulfide) groups is 1. The lowest BCUT2D eigenvalue weighted by Crippen LogP contribution is -2.59. The molecule has 0 radical (unpaired) electrons. The number of aromatic amines is 1. The number of H-pyrrole nitrogens is 1. The highest BCUT2D eigenvalue weighted by Crippen LogP contribution is 2.34. The third-order valence-electron chi connectivity index (χ3n) is 15.4. The molecule has 0 aliphatic carbocycles. The number of aromatic nitrogens is 1. The fourth-order valence-electron chi connectivity index (χ4n) is 10.1. The summed E-state index contributed by atoms with van der Waals surface area (Å²) in [6, 6.07) is -2.28. The van der Waals surface area contributed by atoms with E-state index >= 15 is 0 Å². The highest BCUT2D eigenvalue weighted by molar-refractivity contribution is 7.99. The zero-order valence-electron chi connectivity index (χ0n) is 49.1. The molecule has 1 fully saturated rings. The van der Waals surface area contributed by atoms with Crippen LogP contribution >= 0.6 is 11.8 Å². The van der Waals surface area contributed by atoms with Gasteiger partial charge >= 0.3 is 11.9 Å². The summed E-state index contributed by atoms with van der Waals surface area (Å²) in [5.41, 5.74) is 1.15. The van der Waals surface area contributed by atoms with Crippen LogP contribution in [0, 0.1) is 35.5 Å². The summed E-state index contributed by atoms with van der Waals surface area (Å²) < 4.78 is 0. The third kappa shape index (κ3) is 20.9. The number of carboxylic acid groups (broad SMARTS) is 2. The molecular weight excluding hydrogens is 1160 g/mol. The van der Waals surface area contributed by atoms with Crippen molar-refractivity contribution in [3.63, 3.8) is 0 Å². The number of carboxylic acids is 2. The summed E-state index contributed by atoms with van der Waals surface area (Å²) in [5.74, 6) is -12.8. The first-order valence-electron chi connectivity index (χ1n) is 28.8. The number of nitrogens with zero attached hydrogens (tertiary/aromatic N) is 1. The fraction of sp³-hybridized carbons (Fsp3) is 0.569. The summed E-state index contributed by atoms with van der Waals surface area (Å²) in [7, 11) is 0. The van der Waals surface area contributed by atoms with E-state index in [1.165, 1.54) is 6.92 Å². The smallest absolute Gasteiger partial charge is 0.382 e. The zero-order valence-corrected chi connectivity index (χ0v) is 49.9. The normalized spacial score (nSPS) is 22.8. The van der Waals surface area contributed by atoms with E-state index < -0.39 is 176 Å². The molecule has 5 rings (SSSR count). The Balaban J connectivity index is 1.47. The number of aliphatic hydroxyl groups excluding tert-OH is 1. The Bertz CT molecular complexity index is 3080. The lowest BCUT2D eigenvalue weighted by molar-refractivity contribution is -0.148. The number of amides is 9. The number of ketones is 4. The van der Waals surface area contributed by atoms with E-state index in [0.29, 0.717) is 34.9 Å². The van der Waals surface area contributed by atoms with Crippen LogP contribution in [0.25, 0.3) is 10.9 Å². The molecular formula is C58H76N10O18S. The second-order valence-electron chi connectivity index (χ2n) is 22.1. The molecule has 12 N–H and O–H groups in total. The Hall–Kier alpha value is -8.52. The van der Waals surface area contributed by atoms with Gasteiger partial charge in [0.15, 0.2) is 11.6 Å². The SMILES string of the molecule is CCC(C)[C@@H]1NC(=O)[C@@H]2C[C@@H](O)CN2C(=O)[C@H](CC(=O)O)CC(=O)[C@@H]2CSc3[nH]c4ccc(CC(=O)CNC(=O)C(C)CC(=O)CCCC(=O)CCNC(=O)C#CC(=O)O)cc4c3C[C@H](NC1=O)C(=O)NCC(=O)N[C@@H]([C@@H](C)CC)C(=O)NCC(=O)N2. The summed E-state index contributed by atoms with van der Waals surface area (Å²) in [6.07, 6.45) is -3.31. The van der Waals surface area contributed by atoms with Gasteiger partial charge in [0.2, 0.25) is 47.3 Å². The number of fused-ring (bicyclic) bond motifs is 5. The van der Waals surface area contributed by atoms with Gasteiger partial charge in [-0.3, -0.25) is 67.1 Å². The first-order valence-corrected chi connectivity index (χ1v) is 29.8. The van der Waals surface area contributed by atoms with Crippen LogP contribution in [0.4, 0.5) is 0 Å². The number of aliphatic hydroxyl groups is 1. The van der Waals surface area contributed by atoms with Crippen molar-refractivity contribution in [2.24, 2.45) is 23.7 Å². The van der Waals surface area contributed by atoms with E-state index in [1.54, 1.807) is 51.8 Å². The lowest BCUT2D eigenvalue weighted by atomic mass is 9.93. The molecule has 1 saturated heterocycles. The maximum atomic E-state index is 14.7. The van der Waals surface area contributed by atoms with E-state index in [1.807, 2.05) is 5.92 Å². The number of benzene rings is 1. The molecule has 4 heterocycles. The van der Waals surface area contributed by atoms with Crippen LogP contribution in [-0.2, 0) is 84.8 Å². The van der Waals surface area contributed by atoms with Crippen molar-refractivity contribution in [2.75, 3.05) is 38.5 Å². The minimum absolute atomic E-state index is 0.0119. The molecule has 0 saturated carbocycles. The van der Waals surface area contributed by atoms with E-state index in [9.17, 15) is 82.1 Å². The Labute approximate surface area is 505 Å². The Morgan fingerprint density at radius 2 is 1.39 bits per heavy atom. The summed E-state index contributed by atoms with van der Waals surface area (Å²) >= 11 is 0.963. The number of hydrogen-bond donors (Lipinski definition) is 12. The standard InChI is InChI=1S/C58H76N10O18S/c1-6-29(3)50-55(84)62-25-46(75)63-42-28-87-57-39(38-19-32(11-12-40(38)65-57)18-36(71)24-60-52(81)31(5)17-35(70)10-8-9-34(69)15-16-59-45(74)13-14-48(77)78)23-41(53(82)61-26-47(76)66-50)64-56(85)51(30(4)7-2)67-54(83)43-22-37(72)27-68(43)58(86)33(20-44(42)73)21-49(79)80/h11-12,19,29-31,33,37,41-43,50-51,65,72H,6-10,15-18,20-28H2,1-5H3,(H,59,74)(H,60,81)(H,61,82)(H,62,84)(H,63,75)(H,64,85)(H,66,76)(H,67,83)(H,77,78)(H,79,80)/t29-,30?,31?,33-,37+,41-,42-,43-,50-,51-/m0/s1. The van der Waals surface area contributed by atoms with Crippen LogP contribution in [0.5, 0.6) is 0 Å². The molecule has 2 aromatic rings. The number of carbonyl (C=O) groups is 15. The van der Waals surface area contributed by atoms with Gasteiger partial charge < -0.3 is 67.7 Å². The molecule has 1 aromatic heterocycles. The second-order valence-corrected chi connectivity index (χ2v) is 23.2. The van der Waals surface area contributed by atoms with Crippen LogP contribution < -0.4 is 42.5 Å². The van der Waals surface area contributed by atoms with Crippen molar-refractivity contribution in [3.05, 3.63) is 29.3 Å². The van der Waals surface area contributed by atoms with E-state index in [-0.39, 0.29) is 80.3 Å². The highest BCUT2D eigenvalue weighted by atomic mass is 32.2. The molecule has 2 unspecified atom stereocenters. The number of aliphatic carboxylic acids is 2.